The van der Waals surface area contributed by atoms with Crippen LogP contribution in [0.1, 0.15) is 29.8 Å². The van der Waals surface area contributed by atoms with Crippen LogP contribution in [0.15, 0.2) is 35.1 Å². The van der Waals surface area contributed by atoms with E-state index in [2.05, 4.69) is 5.10 Å². The number of aromatic nitrogens is 2. The number of benzene rings is 1. The number of aryl methyl sites for hydroxylation is 2. The third-order valence-electron chi connectivity index (χ3n) is 3.10. The highest BCUT2D eigenvalue weighted by molar-refractivity contribution is 5.34. The Morgan fingerprint density at radius 2 is 2.00 bits per heavy atom. The molecule has 1 atom stereocenters. The van der Waals surface area contributed by atoms with Crippen molar-refractivity contribution in [2.24, 2.45) is 12.8 Å². The highest BCUT2D eigenvalue weighted by Gasteiger charge is 2.15. The van der Waals surface area contributed by atoms with Crippen molar-refractivity contribution in [3.8, 4) is 5.75 Å². The zero-order valence-corrected chi connectivity index (χ0v) is 12.0. The number of nitrogens with zero attached hydrogens (tertiary/aromatic N) is 2. The van der Waals surface area contributed by atoms with Gasteiger partial charge in [0.2, 0.25) is 0 Å². The lowest BCUT2D eigenvalue weighted by Gasteiger charge is -2.14. The van der Waals surface area contributed by atoms with Gasteiger partial charge in [0, 0.05) is 12.6 Å². The smallest absolute Gasteiger partial charge is 0.271 e. The van der Waals surface area contributed by atoms with Crippen LogP contribution in [0, 0.1) is 6.92 Å². The highest BCUT2D eigenvalue weighted by atomic mass is 16.5. The summed E-state index contributed by atoms with van der Waals surface area (Å²) in [6, 6.07) is 8.75. The topological polar surface area (TPSA) is 70.1 Å². The van der Waals surface area contributed by atoms with Gasteiger partial charge in [0.25, 0.3) is 5.56 Å². The lowest BCUT2D eigenvalue weighted by molar-refractivity contribution is 0.340. The molecular weight excluding hydrogens is 254 g/mol. The van der Waals surface area contributed by atoms with Gasteiger partial charge in [0.05, 0.1) is 18.3 Å². The Bertz CT molecular complexity index is 647. The van der Waals surface area contributed by atoms with Crippen molar-refractivity contribution in [3.63, 3.8) is 0 Å². The summed E-state index contributed by atoms with van der Waals surface area (Å²) >= 11 is 0. The lowest BCUT2D eigenvalue weighted by atomic mass is 10.0. The van der Waals surface area contributed by atoms with E-state index in [-0.39, 0.29) is 5.56 Å². The largest absolute Gasteiger partial charge is 0.494 e. The summed E-state index contributed by atoms with van der Waals surface area (Å²) in [5.41, 5.74) is 8.21. The zero-order valence-electron chi connectivity index (χ0n) is 12.0. The summed E-state index contributed by atoms with van der Waals surface area (Å²) in [5, 5.41) is 4.08. The summed E-state index contributed by atoms with van der Waals surface area (Å²) < 4.78 is 6.71. The molecule has 5 heteroatoms. The van der Waals surface area contributed by atoms with Gasteiger partial charge in [0.15, 0.2) is 0 Å². The van der Waals surface area contributed by atoms with Crippen LogP contribution < -0.4 is 16.0 Å². The predicted octanol–water partition coefficient (Wildman–Crippen LogP) is 1.54. The average molecular weight is 273 g/mol. The molecule has 1 aromatic heterocycles. The van der Waals surface area contributed by atoms with Crippen molar-refractivity contribution in [1.82, 2.24) is 9.78 Å². The quantitative estimate of drug-likeness (QED) is 0.917. The van der Waals surface area contributed by atoms with Gasteiger partial charge in [-0.25, -0.2) is 4.68 Å². The third kappa shape index (κ3) is 2.88. The second kappa shape index (κ2) is 5.88. The van der Waals surface area contributed by atoms with Crippen LogP contribution in [0.5, 0.6) is 5.75 Å². The van der Waals surface area contributed by atoms with Gasteiger partial charge in [-0.2, -0.15) is 5.10 Å². The molecule has 20 heavy (non-hydrogen) atoms. The van der Waals surface area contributed by atoms with E-state index in [0.717, 1.165) is 17.0 Å². The van der Waals surface area contributed by atoms with Crippen LogP contribution >= 0.6 is 0 Å². The fourth-order valence-corrected chi connectivity index (χ4v) is 2.12. The zero-order chi connectivity index (χ0) is 14.7. The molecule has 2 rings (SSSR count). The average Bonchev–Trinajstić information content (AvgIpc) is 2.43. The molecule has 0 aliphatic rings. The van der Waals surface area contributed by atoms with Crippen LogP contribution in [-0.4, -0.2) is 16.4 Å². The molecule has 106 valence electrons. The molecule has 5 nitrogen and oxygen atoms in total. The first-order valence-electron chi connectivity index (χ1n) is 6.56. The maximum atomic E-state index is 12.1. The second-order valence-electron chi connectivity index (χ2n) is 4.65. The number of ether oxygens (including phenoxy) is 1. The monoisotopic (exact) mass is 273 g/mol. The van der Waals surface area contributed by atoms with Gasteiger partial charge in [-0.15, -0.1) is 0 Å². The van der Waals surface area contributed by atoms with E-state index in [4.69, 9.17) is 10.5 Å². The number of rotatable bonds is 4. The standard InChI is InChI=1S/C15H19N3O2/c1-4-20-12-7-5-11(6-8-12)14(16)13-9-10(2)17-18(3)15(13)19/h5-9,14H,4,16H2,1-3H3. The Kier molecular flexibility index (Phi) is 4.20. The Hall–Kier alpha value is -2.14. The molecule has 1 unspecified atom stereocenters. The van der Waals surface area contributed by atoms with Crippen LogP contribution in [0.3, 0.4) is 0 Å². The number of hydrogen-bond acceptors (Lipinski definition) is 4. The van der Waals surface area contributed by atoms with Crippen LogP contribution in [-0.2, 0) is 7.05 Å². The molecule has 0 aliphatic heterocycles. The lowest BCUT2D eigenvalue weighted by Crippen LogP contribution is -2.29. The van der Waals surface area contributed by atoms with E-state index < -0.39 is 6.04 Å². The molecule has 1 aromatic carbocycles. The van der Waals surface area contributed by atoms with Crippen molar-refractivity contribution >= 4 is 0 Å². The van der Waals surface area contributed by atoms with Gasteiger partial charge in [-0.3, -0.25) is 4.79 Å². The molecule has 0 spiro atoms. The molecule has 0 aliphatic carbocycles. The van der Waals surface area contributed by atoms with Crippen molar-refractivity contribution < 1.29 is 4.74 Å². The first kappa shape index (κ1) is 14.3. The van der Waals surface area contributed by atoms with Gasteiger partial charge < -0.3 is 10.5 Å². The van der Waals surface area contributed by atoms with E-state index in [0.29, 0.717) is 12.2 Å². The Balaban J connectivity index is 2.36. The van der Waals surface area contributed by atoms with Gasteiger partial charge in [0.1, 0.15) is 5.75 Å². The molecule has 1 heterocycles. The summed E-state index contributed by atoms with van der Waals surface area (Å²) in [5.74, 6) is 0.794. The van der Waals surface area contributed by atoms with E-state index in [1.807, 2.05) is 38.1 Å². The Labute approximate surface area is 118 Å². The third-order valence-corrected chi connectivity index (χ3v) is 3.10. The van der Waals surface area contributed by atoms with Crippen LogP contribution in [0.25, 0.3) is 0 Å². The summed E-state index contributed by atoms with van der Waals surface area (Å²) in [6.07, 6.45) is 0. The first-order chi connectivity index (χ1) is 9.52. The fourth-order valence-electron chi connectivity index (χ4n) is 2.12. The Morgan fingerprint density at radius 3 is 2.60 bits per heavy atom. The number of hydrogen-bond donors (Lipinski definition) is 1. The first-order valence-corrected chi connectivity index (χ1v) is 6.56. The fraction of sp³-hybridized carbons (Fsp3) is 0.333. The van der Waals surface area contributed by atoms with E-state index in [1.54, 1.807) is 13.1 Å². The summed E-state index contributed by atoms with van der Waals surface area (Å²) in [7, 11) is 1.63. The molecular formula is C15H19N3O2. The van der Waals surface area contributed by atoms with Crippen molar-refractivity contribution in [2.45, 2.75) is 19.9 Å². The maximum Gasteiger partial charge on any atom is 0.271 e. The van der Waals surface area contributed by atoms with Crippen molar-refractivity contribution in [2.75, 3.05) is 6.61 Å². The maximum absolute atomic E-state index is 12.1. The van der Waals surface area contributed by atoms with Gasteiger partial charge in [-0.1, -0.05) is 12.1 Å². The van der Waals surface area contributed by atoms with Gasteiger partial charge >= 0.3 is 0 Å². The molecule has 0 saturated heterocycles. The summed E-state index contributed by atoms with van der Waals surface area (Å²) in [4.78, 5) is 12.1. The van der Waals surface area contributed by atoms with E-state index in [1.165, 1.54) is 4.68 Å². The molecule has 2 aromatic rings. The molecule has 0 saturated carbocycles. The van der Waals surface area contributed by atoms with Crippen LogP contribution in [0.4, 0.5) is 0 Å². The normalized spacial score (nSPS) is 12.2. The molecule has 0 bridgehead atoms. The number of nitrogens with two attached hydrogens (primary N) is 1. The minimum Gasteiger partial charge on any atom is -0.494 e. The summed E-state index contributed by atoms with van der Waals surface area (Å²) in [6.45, 7) is 4.40. The Morgan fingerprint density at radius 1 is 1.35 bits per heavy atom. The van der Waals surface area contributed by atoms with Crippen molar-refractivity contribution in [1.29, 1.82) is 0 Å². The minimum atomic E-state index is -0.467. The van der Waals surface area contributed by atoms with Crippen molar-refractivity contribution in [3.05, 3.63) is 57.5 Å². The highest BCUT2D eigenvalue weighted by Crippen LogP contribution is 2.20. The minimum absolute atomic E-state index is 0.169. The molecule has 0 radical (unpaired) electrons. The van der Waals surface area contributed by atoms with E-state index >= 15 is 0 Å². The van der Waals surface area contributed by atoms with Gasteiger partial charge in [-0.05, 0) is 37.6 Å². The predicted molar refractivity (Wildman–Crippen MR) is 77.9 cm³/mol. The molecule has 0 amide bonds. The second-order valence-corrected chi connectivity index (χ2v) is 4.65. The van der Waals surface area contributed by atoms with E-state index in [9.17, 15) is 4.79 Å². The molecule has 0 fully saturated rings. The van der Waals surface area contributed by atoms with Crippen LogP contribution in [0.2, 0.25) is 0 Å². The molecule has 2 N–H and O–H groups in total. The SMILES string of the molecule is CCOc1ccc(C(N)c2cc(C)nn(C)c2=O)cc1.